The van der Waals surface area contributed by atoms with Crippen LogP contribution in [0.25, 0.3) is 0 Å². The van der Waals surface area contributed by atoms with Gasteiger partial charge in [-0.3, -0.25) is 0 Å². The zero-order valence-corrected chi connectivity index (χ0v) is 10.3. The number of nitrogens with zero attached hydrogens (tertiary/aromatic N) is 1. The summed E-state index contributed by atoms with van der Waals surface area (Å²) < 4.78 is 5.65. The summed E-state index contributed by atoms with van der Waals surface area (Å²) in [5.41, 5.74) is 7.05. The van der Waals surface area contributed by atoms with Crippen LogP contribution in [-0.4, -0.2) is 0 Å². The molecule has 90 valence electrons. The lowest BCUT2D eigenvalue weighted by atomic mass is 10.2. The van der Waals surface area contributed by atoms with E-state index in [1.54, 1.807) is 18.2 Å². The second kappa shape index (κ2) is 5.54. The minimum atomic E-state index is 0.409. The molecule has 4 heteroatoms. The molecule has 0 spiro atoms. The van der Waals surface area contributed by atoms with Gasteiger partial charge in [0.1, 0.15) is 11.5 Å². The highest BCUT2D eigenvalue weighted by atomic mass is 35.5. The fourth-order valence-electron chi connectivity index (χ4n) is 1.52. The van der Waals surface area contributed by atoms with Crippen LogP contribution in [0, 0.1) is 11.3 Å². The van der Waals surface area contributed by atoms with E-state index in [1.165, 1.54) is 0 Å². The van der Waals surface area contributed by atoms with Crippen molar-refractivity contribution in [3.05, 3.63) is 58.6 Å². The molecule has 0 bridgehead atoms. The van der Waals surface area contributed by atoms with Crippen LogP contribution in [0.15, 0.2) is 42.5 Å². The maximum atomic E-state index is 8.75. The highest BCUT2D eigenvalue weighted by Gasteiger charge is 2.04. The lowest BCUT2D eigenvalue weighted by Crippen LogP contribution is -1.96. The van der Waals surface area contributed by atoms with Crippen LogP contribution in [-0.2, 0) is 6.54 Å². The van der Waals surface area contributed by atoms with Crippen molar-refractivity contribution in [3.63, 3.8) is 0 Å². The molecule has 0 radical (unpaired) electrons. The molecule has 0 saturated carbocycles. The van der Waals surface area contributed by atoms with Crippen molar-refractivity contribution in [2.24, 2.45) is 5.73 Å². The van der Waals surface area contributed by atoms with Crippen LogP contribution in [0.5, 0.6) is 11.5 Å². The molecule has 0 fully saturated rings. The monoisotopic (exact) mass is 258 g/mol. The number of nitriles is 1. The van der Waals surface area contributed by atoms with E-state index in [2.05, 4.69) is 0 Å². The van der Waals surface area contributed by atoms with Gasteiger partial charge in [-0.25, -0.2) is 0 Å². The maximum absolute atomic E-state index is 8.75. The average molecular weight is 259 g/mol. The predicted octanol–water partition coefficient (Wildman–Crippen LogP) is 3.46. The van der Waals surface area contributed by atoms with Crippen molar-refractivity contribution >= 4 is 11.6 Å². The quantitative estimate of drug-likeness (QED) is 0.917. The van der Waals surface area contributed by atoms with E-state index in [0.29, 0.717) is 28.6 Å². The van der Waals surface area contributed by atoms with Crippen molar-refractivity contribution < 1.29 is 4.74 Å². The Hall–Kier alpha value is -2.02. The molecule has 2 aromatic rings. The normalized spacial score (nSPS) is 9.83. The lowest BCUT2D eigenvalue weighted by Gasteiger charge is -2.08. The summed E-state index contributed by atoms with van der Waals surface area (Å²) in [5.74, 6) is 1.19. The molecule has 3 nitrogen and oxygen atoms in total. The lowest BCUT2D eigenvalue weighted by molar-refractivity contribution is 0.482. The van der Waals surface area contributed by atoms with Crippen molar-refractivity contribution in [2.75, 3.05) is 0 Å². The molecule has 0 aliphatic carbocycles. The van der Waals surface area contributed by atoms with Gasteiger partial charge in [0.05, 0.1) is 16.7 Å². The van der Waals surface area contributed by atoms with Crippen LogP contribution in [0.3, 0.4) is 0 Å². The fraction of sp³-hybridized carbons (Fsp3) is 0.0714. The minimum absolute atomic E-state index is 0.409. The third-order valence-corrected chi connectivity index (χ3v) is 2.72. The van der Waals surface area contributed by atoms with Gasteiger partial charge in [0, 0.05) is 6.54 Å². The van der Waals surface area contributed by atoms with Crippen LogP contribution < -0.4 is 10.5 Å². The molecule has 2 rings (SSSR count). The third-order valence-electron chi connectivity index (χ3n) is 2.42. The topological polar surface area (TPSA) is 59.0 Å². The molecule has 0 heterocycles. The summed E-state index contributed by atoms with van der Waals surface area (Å²) in [5, 5.41) is 9.16. The Kier molecular flexibility index (Phi) is 3.83. The first-order valence-electron chi connectivity index (χ1n) is 5.39. The van der Waals surface area contributed by atoms with Gasteiger partial charge in [0.25, 0.3) is 0 Å². The molecule has 0 aliphatic rings. The summed E-state index contributed by atoms with van der Waals surface area (Å²) in [6.07, 6.45) is 0. The molecule has 0 aliphatic heterocycles. The Morgan fingerprint density at radius 1 is 1.22 bits per heavy atom. The van der Waals surface area contributed by atoms with Gasteiger partial charge < -0.3 is 10.5 Å². The van der Waals surface area contributed by atoms with Crippen molar-refractivity contribution in [3.8, 4) is 17.6 Å². The molecule has 0 amide bonds. The van der Waals surface area contributed by atoms with Crippen LogP contribution in [0.1, 0.15) is 11.1 Å². The zero-order chi connectivity index (χ0) is 13.0. The minimum Gasteiger partial charge on any atom is -0.456 e. The number of benzene rings is 2. The maximum Gasteiger partial charge on any atom is 0.146 e. The van der Waals surface area contributed by atoms with E-state index in [-0.39, 0.29) is 0 Å². The van der Waals surface area contributed by atoms with Gasteiger partial charge in [0.2, 0.25) is 0 Å². The van der Waals surface area contributed by atoms with Gasteiger partial charge >= 0.3 is 0 Å². The van der Waals surface area contributed by atoms with E-state index >= 15 is 0 Å². The Bertz CT molecular complexity index is 605. The molecule has 0 aromatic heterocycles. The van der Waals surface area contributed by atoms with Gasteiger partial charge in [0.15, 0.2) is 0 Å². The summed E-state index contributed by atoms with van der Waals surface area (Å²) in [4.78, 5) is 0. The Labute approximate surface area is 110 Å². The summed E-state index contributed by atoms with van der Waals surface area (Å²) in [6.45, 7) is 0.457. The number of hydrogen-bond acceptors (Lipinski definition) is 3. The highest BCUT2D eigenvalue weighted by molar-refractivity contribution is 6.32. The third kappa shape index (κ3) is 2.80. The zero-order valence-electron chi connectivity index (χ0n) is 9.56. The van der Waals surface area contributed by atoms with E-state index in [1.807, 2.05) is 30.3 Å². The molecule has 0 atom stereocenters. The first-order chi connectivity index (χ1) is 8.72. The largest absolute Gasteiger partial charge is 0.456 e. The summed E-state index contributed by atoms with van der Waals surface area (Å²) >= 11 is 6.03. The predicted molar refractivity (Wildman–Crippen MR) is 70.6 cm³/mol. The Balaban J connectivity index is 2.26. The van der Waals surface area contributed by atoms with Crippen molar-refractivity contribution in [1.82, 2.24) is 0 Å². The second-order valence-electron chi connectivity index (χ2n) is 3.71. The first kappa shape index (κ1) is 12.4. The smallest absolute Gasteiger partial charge is 0.146 e. The molecule has 0 unspecified atom stereocenters. The van der Waals surface area contributed by atoms with Gasteiger partial charge in [-0.15, -0.1) is 0 Å². The second-order valence-corrected chi connectivity index (χ2v) is 4.12. The van der Waals surface area contributed by atoms with Gasteiger partial charge in [-0.05, 0) is 35.9 Å². The Morgan fingerprint density at radius 2 is 2.06 bits per heavy atom. The number of ether oxygens (including phenoxy) is 1. The van der Waals surface area contributed by atoms with Crippen molar-refractivity contribution in [2.45, 2.75) is 6.54 Å². The van der Waals surface area contributed by atoms with Crippen molar-refractivity contribution in [1.29, 1.82) is 5.26 Å². The average Bonchev–Trinajstić information content (AvgIpc) is 2.41. The van der Waals surface area contributed by atoms with Crippen LogP contribution in [0.4, 0.5) is 0 Å². The number of nitrogens with two attached hydrogens (primary N) is 1. The fourth-order valence-corrected chi connectivity index (χ4v) is 1.74. The highest BCUT2D eigenvalue weighted by Crippen LogP contribution is 2.30. The standard InChI is InChI=1S/C14H11ClN2O/c15-13-7-11(9-17)4-5-14(13)18-12-3-1-2-10(6-12)8-16/h1-7H,8,16H2. The molecule has 2 aromatic carbocycles. The van der Waals surface area contributed by atoms with Gasteiger partial charge in [-0.1, -0.05) is 23.7 Å². The van der Waals surface area contributed by atoms with E-state index in [0.717, 1.165) is 5.56 Å². The number of halogens is 1. The van der Waals surface area contributed by atoms with Crippen LogP contribution >= 0.6 is 11.6 Å². The van der Waals surface area contributed by atoms with E-state index < -0.39 is 0 Å². The first-order valence-corrected chi connectivity index (χ1v) is 5.77. The summed E-state index contributed by atoms with van der Waals surface area (Å²) in [7, 11) is 0. The molecule has 2 N–H and O–H groups in total. The summed E-state index contributed by atoms with van der Waals surface area (Å²) in [6, 6.07) is 14.4. The molecule has 18 heavy (non-hydrogen) atoms. The van der Waals surface area contributed by atoms with Crippen LogP contribution in [0.2, 0.25) is 5.02 Å². The van der Waals surface area contributed by atoms with E-state index in [4.69, 9.17) is 27.3 Å². The molecule has 0 saturated heterocycles. The Morgan fingerprint density at radius 3 is 2.72 bits per heavy atom. The molecular weight excluding hydrogens is 248 g/mol. The SMILES string of the molecule is N#Cc1ccc(Oc2cccc(CN)c2)c(Cl)c1. The van der Waals surface area contributed by atoms with Gasteiger partial charge in [-0.2, -0.15) is 5.26 Å². The number of rotatable bonds is 3. The number of hydrogen-bond donors (Lipinski definition) is 1. The van der Waals surface area contributed by atoms with E-state index in [9.17, 15) is 0 Å². The molecular formula is C14H11ClN2O.